The van der Waals surface area contributed by atoms with E-state index in [9.17, 15) is 31.9 Å². The lowest BCUT2D eigenvalue weighted by atomic mass is 10.1. The van der Waals surface area contributed by atoms with Crippen molar-refractivity contribution in [3.8, 4) is 0 Å². The average Bonchev–Trinajstić information content (AvgIpc) is 3.11. The molecule has 8 nitrogen and oxygen atoms in total. The number of carboxylic acid groups (broad SMARTS) is 1. The van der Waals surface area contributed by atoms with Gasteiger partial charge in [0.1, 0.15) is 23.7 Å². The molecule has 1 fully saturated rings. The van der Waals surface area contributed by atoms with Crippen LogP contribution in [0.5, 0.6) is 0 Å². The van der Waals surface area contributed by atoms with E-state index < -0.39 is 51.7 Å². The van der Waals surface area contributed by atoms with Gasteiger partial charge in [-0.3, -0.25) is 4.79 Å². The maximum absolute atomic E-state index is 13.5. The number of benzene rings is 2. The van der Waals surface area contributed by atoms with Gasteiger partial charge in [-0.05, 0) is 42.3 Å². The highest BCUT2D eigenvalue weighted by Gasteiger charge is 2.43. The van der Waals surface area contributed by atoms with Crippen molar-refractivity contribution in [3.05, 3.63) is 65.7 Å². The number of nitrogens with two attached hydrogens (primary N) is 1. The molecule has 31 heavy (non-hydrogen) atoms. The number of carbonyl (C=O) groups excluding carboxylic acids is 1. The largest absolute Gasteiger partial charge is 0.480 e. The Labute approximate surface area is 177 Å². The zero-order valence-corrected chi connectivity index (χ0v) is 17.1. The number of halogens is 2. The summed E-state index contributed by atoms with van der Waals surface area (Å²) in [5.41, 5.74) is 6.35. The maximum atomic E-state index is 13.5. The molecule has 2 unspecified atom stereocenters. The quantitative estimate of drug-likeness (QED) is 0.570. The minimum atomic E-state index is -4.24. The number of hydrogen-bond acceptors (Lipinski definition) is 5. The summed E-state index contributed by atoms with van der Waals surface area (Å²) in [6.07, 6.45) is -0.153. The van der Waals surface area contributed by atoms with Crippen LogP contribution in [0.4, 0.5) is 8.78 Å². The highest BCUT2D eigenvalue weighted by atomic mass is 32.2. The van der Waals surface area contributed by atoms with Crippen molar-refractivity contribution in [2.45, 2.75) is 35.9 Å². The first kappa shape index (κ1) is 22.8. The van der Waals surface area contributed by atoms with Gasteiger partial charge in [-0.2, -0.15) is 4.31 Å². The van der Waals surface area contributed by atoms with Crippen molar-refractivity contribution in [2.75, 3.05) is 6.54 Å². The molecule has 1 aliphatic rings. The number of carbonyl (C=O) groups is 2. The minimum absolute atomic E-state index is 0.0245. The number of carboxylic acids is 1. The number of nitrogens with zero attached hydrogens (tertiary/aromatic N) is 1. The summed E-state index contributed by atoms with van der Waals surface area (Å²) in [4.78, 5) is 24.1. The lowest BCUT2D eigenvalue weighted by Gasteiger charge is -2.25. The second-order valence-electron chi connectivity index (χ2n) is 7.27. The van der Waals surface area contributed by atoms with Crippen molar-refractivity contribution in [1.29, 1.82) is 0 Å². The molecule has 1 heterocycles. The molecule has 11 heteroatoms. The van der Waals surface area contributed by atoms with Crippen LogP contribution in [0.25, 0.3) is 0 Å². The van der Waals surface area contributed by atoms with Crippen molar-refractivity contribution < 1.29 is 31.9 Å². The smallest absolute Gasteiger partial charge is 0.326 e. The Morgan fingerprint density at radius 2 is 1.84 bits per heavy atom. The molecule has 1 saturated heterocycles. The zero-order chi connectivity index (χ0) is 22.8. The predicted molar refractivity (Wildman–Crippen MR) is 106 cm³/mol. The molecule has 0 saturated carbocycles. The molecule has 0 spiro atoms. The molecule has 3 rings (SSSR count). The fraction of sp³-hybridized carbons (Fsp3) is 0.300. The van der Waals surface area contributed by atoms with Crippen LogP contribution in [-0.2, 0) is 26.0 Å². The van der Waals surface area contributed by atoms with E-state index in [1.54, 1.807) is 0 Å². The second kappa shape index (κ2) is 9.08. The van der Waals surface area contributed by atoms with Crippen LogP contribution in [0.15, 0.2) is 53.4 Å². The van der Waals surface area contributed by atoms with Crippen molar-refractivity contribution in [1.82, 2.24) is 9.62 Å². The number of sulfonamides is 1. The molecule has 4 N–H and O–H groups in total. The van der Waals surface area contributed by atoms with Gasteiger partial charge in [0, 0.05) is 19.0 Å². The van der Waals surface area contributed by atoms with E-state index in [4.69, 9.17) is 5.73 Å². The lowest BCUT2D eigenvalue weighted by Crippen LogP contribution is -2.51. The highest BCUT2D eigenvalue weighted by molar-refractivity contribution is 7.89. The van der Waals surface area contributed by atoms with Crippen LogP contribution < -0.4 is 11.1 Å². The van der Waals surface area contributed by atoms with Gasteiger partial charge in [-0.25, -0.2) is 22.0 Å². The topological polar surface area (TPSA) is 130 Å². The van der Waals surface area contributed by atoms with E-state index in [1.807, 2.05) is 0 Å². The van der Waals surface area contributed by atoms with Gasteiger partial charge in [-0.15, -0.1) is 0 Å². The molecular formula is C20H21F2N3O5S. The van der Waals surface area contributed by atoms with Gasteiger partial charge >= 0.3 is 5.97 Å². The molecule has 0 radical (unpaired) electrons. The highest BCUT2D eigenvalue weighted by Crippen LogP contribution is 2.26. The number of nitrogens with one attached hydrogen (secondary N) is 1. The number of hydrogen-bond donors (Lipinski definition) is 3. The van der Waals surface area contributed by atoms with Crippen LogP contribution in [0.2, 0.25) is 0 Å². The fourth-order valence-corrected chi connectivity index (χ4v) is 5.12. The number of amides is 1. The Morgan fingerprint density at radius 3 is 2.45 bits per heavy atom. The van der Waals surface area contributed by atoms with E-state index >= 15 is 0 Å². The first-order chi connectivity index (χ1) is 14.6. The van der Waals surface area contributed by atoms with E-state index in [1.165, 1.54) is 36.4 Å². The fourth-order valence-electron chi connectivity index (χ4n) is 3.43. The third-order valence-corrected chi connectivity index (χ3v) is 6.83. The van der Waals surface area contributed by atoms with Gasteiger partial charge < -0.3 is 16.2 Å². The molecule has 2 aromatic carbocycles. The molecule has 166 valence electrons. The predicted octanol–water partition coefficient (Wildman–Crippen LogP) is 0.867. The summed E-state index contributed by atoms with van der Waals surface area (Å²) in [6.45, 7) is -0.174. The number of rotatable bonds is 7. The SMILES string of the molecule is N[C@@H]1CC(C(=O)NC(Cc2ccc(F)cc2)C(=O)O)N(S(=O)(=O)c2cccc(F)c2)C1. The molecule has 1 aliphatic heterocycles. The Balaban J connectivity index is 1.81. The average molecular weight is 453 g/mol. The third-order valence-electron chi connectivity index (χ3n) is 4.96. The Kier molecular flexibility index (Phi) is 6.68. The van der Waals surface area contributed by atoms with E-state index in [2.05, 4.69) is 5.32 Å². The van der Waals surface area contributed by atoms with E-state index in [0.717, 1.165) is 16.4 Å². The van der Waals surface area contributed by atoms with Gasteiger partial charge in [0.25, 0.3) is 0 Å². The Bertz CT molecular complexity index is 1080. The van der Waals surface area contributed by atoms with Gasteiger partial charge in [0.05, 0.1) is 4.90 Å². The summed E-state index contributed by atoms with van der Waals surface area (Å²) in [7, 11) is -4.24. The van der Waals surface area contributed by atoms with Crippen LogP contribution in [0, 0.1) is 11.6 Å². The lowest BCUT2D eigenvalue weighted by molar-refractivity contribution is -0.142. The van der Waals surface area contributed by atoms with Gasteiger partial charge in [-0.1, -0.05) is 18.2 Å². The standard InChI is InChI=1S/C20H21F2N3O5S/c21-13-6-4-12(5-7-13)8-17(20(27)28)24-19(26)18-10-15(23)11-25(18)31(29,30)16-3-1-2-14(22)9-16/h1-7,9,15,17-18H,8,10-11,23H2,(H,24,26)(H,27,28)/t15-,17?,18?/m1/s1. The first-order valence-corrected chi connectivity index (χ1v) is 10.8. The summed E-state index contributed by atoms with van der Waals surface area (Å²) in [6, 6.07) is 6.20. The summed E-state index contributed by atoms with van der Waals surface area (Å²) < 4.78 is 53.4. The second-order valence-corrected chi connectivity index (χ2v) is 9.16. The van der Waals surface area contributed by atoms with Crippen molar-refractivity contribution >= 4 is 21.9 Å². The van der Waals surface area contributed by atoms with Crippen molar-refractivity contribution in [2.24, 2.45) is 5.73 Å². The zero-order valence-electron chi connectivity index (χ0n) is 16.2. The van der Waals surface area contributed by atoms with E-state index in [-0.39, 0.29) is 24.3 Å². The van der Waals surface area contributed by atoms with Crippen molar-refractivity contribution in [3.63, 3.8) is 0 Å². The van der Waals surface area contributed by atoms with Crippen LogP contribution in [-0.4, -0.2) is 54.4 Å². The summed E-state index contributed by atoms with van der Waals surface area (Å²) in [5.74, 6) is -3.41. The molecule has 0 aromatic heterocycles. The summed E-state index contributed by atoms with van der Waals surface area (Å²) >= 11 is 0. The molecule has 1 amide bonds. The van der Waals surface area contributed by atoms with Gasteiger partial charge in [0.2, 0.25) is 15.9 Å². The molecule has 2 aromatic rings. The van der Waals surface area contributed by atoms with Crippen LogP contribution in [0.3, 0.4) is 0 Å². The summed E-state index contributed by atoms with van der Waals surface area (Å²) in [5, 5.41) is 11.8. The van der Waals surface area contributed by atoms with Crippen LogP contribution in [0.1, 0.15) is 12.0 Å². The first-order valence-electron chi connectivity index (χ1n) is 9.38. The Morgan fingerprint density at radius 1 is 1.16 bits per heavy atom. The molecule has 0 aliphatic carbocycles. The maximum Gasteiger partial charge on any atom is 0.326 e. The van der Waals surface area contributed by atoms with E-state index in [0.29, 0.717) is 5.56 Å². The van der Waals surface area contributed by atoms with Crippen LogP contribution >= 0.6 is 0 Å². The monoisotopic (exact) mass is 453 g/mol. The third kappa shape index (κ3) is 5.24. The Hall–Kier alpha value is -2.89. The molecule has 3 atom stereocenters. The normalized spacial score (nSPS) is 20.4. The van der Waals surface area contributed by atoms with Gasteiger partial charge in [0.15, 0.2) is 0 Å². The number of aliphatic carboxylic acids is 1. The minimum Gasteiger partial charge on any atom is -0.480 e. The molecular weight excluding hydrogens is 432 g/mol. The molecule has 0 bridgehead atoms.